The zero-order valence-electron chi connectivity index (χ0n) is 12.1. The highest BCUT2D eigenvalue weighted by Gasteiger charge is 2.17. The van der Waals surface area contributed by atoms with E-state index in [2.05, 4.69) is 22.5 Å². The van der Waals surface area contributed by atoms with E-state index in [9.17, 15) is 4.79 Å². The fraction of sp³-hybridized carbons (Fsp3) is 0.438. The van der Waals surface area contributed by atoms with E-state index >= 15 is 0 Å². The standard InChI is InChI=1S/C16H20N2O3/c1-12-5-6-13(4-2-3-8-19)10-15(12)18-16(20)17-14-7-9-21-11-14/h5-6,10,14,19H,3,7-9,11H2,1H3,(H2,17,18,20). The number of carbonyl (C=O) groups excluding carboxylic acids is 1. The van der Waals surface area contributed by atoms with Gasteiger partial charge in [0.15, 0.2) is 0 Å². The minimum absolute atomic E-state index is 0.0514. The summed E-state index contributed by atoms with van der Waals surface area (Å²) in [4.78, 5) is 11.9. The number of carbonyl (C=O) groups is 1. The molecule has 1 aliphatic heterocycles. The molecule has 1 aromatic rings. The van der Waals surface area contributed by atoms with Crippen LogP contribution in [0.4, 0.5) is 10.5 Å². The minimum atomic E-state index is -0.228. The maximum absolute atomic E-state index is 11.9. The summed E-state index contributed by atoms with van der Waals surface area (Å²) in [6, 6.07) is 5.50. The first-order chi connectivity index (χ1) is 10.2. The molecule has 0 saturated carbocycles. The van der Waals surface area contributed by atoms with Gasteiger partial charge in [-0.2, -0.15) is 0 Å². The van der Waals surface area contributed by atoms with Gasteiger partial charge in [0.25, 0.3) is 0 Å². The molecule has 2 rings (SSSR count). The van der Waals surface area contributed by atoms with Gasteiger partial charge in [0.05, 0.1) is 19.3 Å². The molecular weight excluding hydrogens is 268 g/mol. The summed E-state index contributed by atoms with van der Waals surface area (Å²) < 4.78 is 5.22. The summed E-state index contributed by atoms with van der Waals surface area (Å²) in [6.07, 6.45) is 1.29. The van der Waals surface area contributed by atoms with E-state index in [0.29, 0.717) is 19.6 Å². The van der Waals surface area contributed by atoms with Crippen molar-refractivity contribution in [2.24, 2.45) is 0 Å². The van der Waals surface area contributed by atoms with Crippen molar-refractivity contribution in [3.63, 3.8) is 0 Å². The molecule has 0 radical (unpaired) electrons. The molecule has 1 atom stereocenters. The Bertz CT molecular complexity index is 554. The zero-order chi connectivity index (χ0) is 15.1. The lowest BCUT2D eigenvalue weighted by atomic mass is 10.1. The molecule has 0 bridgehead atoms. The van der Waals surface area contributed by atoms with Crippen LogP contribution in [0.1, 0.15) is 24.0 Å². The number of aryl methyl sites for hydroxylation is 1. The highest BCUT2D eigenvalue weighted by Crippen LogP contribution is 2.16. The van der Waals surface area contributed by atoms with Crippen molar-refractivity contribution in [3.8, 4) is 11.8 Å². The van der Waals surface area contributed by atoms with Crippen LogP contribution in [0.25, 0.3) is 0 Å². The molecular formula is C16H20N2O3. The van der Waals surface area contributed by atoms with Gasteiger partial charge in [0, 0.05) is 24.3 Å². The first-order valence-corrected chi connectivity index (χ1v) is 7.04. The van der Waals surface area contributed by atoms with Crippen molar-refractivity contribution in [2.75, 3.05) is 25.1 Å². The Hall–Kier alpha value is -2.03. The third-order valence-corrected chi connectivity index (χ3v) is 3.22. The molecule has 0 aliphatic carbocycles. The lowest BCUT2D eigenvalue weighted by Gasteiger charge is -2.13. The van der Waals surface area contributed by atoms with Crippen molar-refractivity contribution in [1.82, 2.24) is 5.32 Å². The zero-order valence-corrected chi connectivity index (χ0v) is 12.1. The number of urea groups is 1. The molecule has 1 unspecified atom stereocenters. The van der Waals surface area contributed by atoms with Crippen LogP contribution in [0, 0.1) is 18.8 Å². The predicted octanol–water partition coefficient (Wildman–Crippen LogP) is 1.64. The monoisotopic (exact) mass is 288 g/mol. The number of rotatable bonds is 3. The number of benzene rings is 1. The highest BCUT2D eigenvalue weighted by atomic mass is 16.5. The van der Waals surface area contributed by atoms with E-state index in [4.69, 9.17) is 9.84 Å². The lowest BCUT2D eigenvalue weighted by Crippen LogP contribution is -2.38. The summed E-state index contributed by atoms with van der Waals surface area (Å²) in [5, 5.41) is 14.4. The Morgan fingerprint density at radius 1 is 1.52 bits per heavy atom. The number of ether oxygens (including phenoxy) is 1. The highest BCUT2D eigenvalue weighted by molar-refractivity contribution is 5.90. The first-order valence-electron chi connectivity index (χ1n) is 7.04. The van der Waals surface area contributed by atoms with Crippen LogP contribution in [-0.2, 0) is 4.74 Å². The third kappa shape index (κ3) is 4.78. The van der Waals surface area contributed by atoms with Gasteiger partial charge in [0.2, 0.25) is 0 Å². The van der Waals surface area contributed by atoms with Crippen LogP contribution in [0.15, 0.2) is 18.2 Å². The van der Waals surface area contributed by atoms with Gasteiger partial charge < -0.3 is 20.5 Å². The van der Waals surface area contributed by atoms with Gasteiger partial charge in [-0.15, -0.1) is 0 Å². The van der Waals surface area contributed by atoms with Gasteiger partial charge >= 0.3 is 6.03 Å². The molecule has 21 heavy (non-hydrogen) atoms. The number of amides is 2. The first kappa shape index (κ1) is 15.4. The van der Waals surface area contributed by atoms with E-state index in [-0.39, 0.29) is 18.7 Å². The summed E-state index contributed by atoms with van der Waals surface area (Å²) in [5.41, 5.74) is 2.52. The fourth-order valence-corrected chi connectivity index (χ4v) is 2.05. The minimum Gasteiger partial charge on any atom is -0.395 e. The van der Waals surface area contributed by atoms with E-state index in [0.717, 1.165) is 23.2 Å². The predicted molar refractivity (Wildman–Crippen MR) is 81.1 cm³/mol. The second-order valence-corrected chi connectivity index (χ2v) is 4.96. The Morgan fingerprint density at radius 3 is 3.10 bits per heavy atom. The molecule has 1 fully saturated rings. The molecule has 1 heterocycles. The van der Waals surface area contributed by atoms with Crippen molar-refractivity contribution < 1.29 is 14.6 Å². The van der Waals surface area contributed by atoms with E-state index in [1.165, 1.54) is 0 Å². The second-order valence-electron chi connectivity index (χ2n) is 4.96. The summed E-state index contributed by atoms with van der Waals surface area (Å²) in [5.74, 6) is 5.82. The SMILES string of the molecule is Cc1ccc(C#CCCO)cc1NC(=O)NC1CCOC1. The van der Waals surface area contributed by atoms with Crippen LogP contribution in [-0.4, -0.2) is 37.0 Å². The Morgan fingerprint density at radius 2 is 2.38 bits per heavy atom. The molecule has 0 aromatic heterocycles. The lowest BCUT2D eigenvalue weighted by molar-refractivity contribution is 0.189. The van der Waals surface area contributed by atoms with Crippen LogP contribution in [0.3, 0.4) is 0 Å². The van der Waals surface area contributed by atoms with Gasteiger partial charge in [0.1, 0.15) is 0 Å². The molecule has 5 heteroatoms. The van der Waals surface area contributed by atoms with Crippen LogP contribution in [0.2, 0.25) is 0 Å². The summed E-state index contributed by atoms with van der Waals surface area (Å²) >= 11 is 0. The van der Waals surface area contributed by atoms with E-state index in [1.54, 1.807) is 0 Å². The van der Waals surface area contributed by atoms with Crippen molar-refractivity contribution >= 4 is 11.7 Å². The number of aliphatic hydroxyl groups is 1. The van der Waals surface area contributed by atoms with Crippen LogP contribution in [0.5, 0.6) is 0 Å². The Balaban J connectivity index is 1.99. The van der Waals surface area contributed by atoms with Crippen molar-refractivity contribution in [3.05, 3.63) is 29.3 Å². The van der Waals surface area contributed by atoms with E-state index < -0.39 is 0 Å². The molecule has 1 aromatic carbocycles. The topological polar surface area (TPSA) is 70.6 Å². The van der Waals surface area contributed by atoms with Crippen molar-refractivity contribution in [2.45, 2.75) is 25.8 Å². The molecule has 3 N–H and O–H groups in total. The number of hydrogen-bond donors (Lipinski definition) is 3. The molecule has 2 amide bonds. The number of aliphatic hydroxyl groups excluding tert-OH is 1. The number of nitrogens with one attached hydrogen (secondary N) is 2. The van der Waals surface area contributed by atoms with Crippen LogP contribution < -0.4 is 10.6 Å². The van der Waals surface area contributed by atoms with Gasteiger partial charge in [-0.25, -0.2) is 4.79 Å². The Kier molecular flexibility index (Phi) is 5.61. The van der Waals surface area contributed by atoms with E-state index in [1.807, 2.05) is 25.1 Å². The third-order valence-electron chi connectivity index (χ3n) is 3.22. The normalized spacial score (nSPS) is 17.0. The molecule has 112 valence electrons. The number of anilines is 1. The van der Waals surface area contributed by atoms with Gasteiger partial charge in [-0.05, 0) is 31.0 Å². The largest absolute Gasteiger partial charge is 0.395 e. The molecule has 0 spiro atoms. The van der Waals surface area contributed by atoms with Gasteiger partial charge in [-0.1, -0.05) is 17.9 Å². The van der Waals surface area contributed by atoms with Gasteiger partial charge in [-0.3, -0.25) is 0 Å². The van der Waals surface area contributed by atoms with Crippen molar-refractivity contribution in [1.29, 1.82) is 0 Å². The van der Waals surface area contributed by atoms with Crippen LogP contribution >= 0.6 is 0 Å². The second kappa shape index (κ2) is 7.67. The summed E-state index contributed by atoms with van der Waals surface area (Å²) in [6.45, 7) is 3.24. The Labute approximate surface area is 124 Å². The summed E-state index contributed by atoms with van der Waals surface area (Å²) in [7, 11) is 0. The number of hydrogen-bond acceptors (Lipinski definition) is 3. The average Bonchev–Trinajstić information content (AvgIpc) is 2.95. The molecule has 1 saturated heterocycles. The molecule has 1 aliphatic rings. The average molecular weight is 288 g/mol. The maximum atomic E-state index is 11.9. The quantitative estimate of drug-likeness (QED) is 0.741. The molecule has 5 nitrogen and oxygen atoms in total. The fourth-order valence-electron chi connectivity index (χ4n) is 2.05. The maximum Gasteiger partial charge on any atom is 0.319 e. The smallest absolute Gasteiger partial charge is 0.319 e.